The number of nitriles is 1. The molecule has 7 heteroatoms. The Hall–Kier alpha value is -3.76. The Bertz CT molecular complexity index is 1560. The van der Waals surface area contributed by atoms with Crippen LogP contribution in [0.2, 0.25) is 0 Å². The number of aliphatic imine (C=N–C) groups is 1. The number of rotatable bonds is 5. The highest BCUT2D eigenvalue weighted by Gasteiger charge is 2.32. The van der Waals surface area contributed by atoms with E-state index in [2.05, 4.69) is 50.5 Å². The lowest BCUT2D eigenvalue weighted by Gasteiger charge is -2.33. The van der Waals surface area contributed by atoms with Gasteiger partial charge in [-0.05, 0) is 54.7 Å². The van der Waals surface area contributed by atoms with Gasteiger partial charge in [0.2, 0.25) is 0 Å². The van der Waals surface area contributed by atoms with Gasteiger partial charge >= 0.3 is 0 Å². The molecule has 37 heavy (non-hydrogen) atoms. The van der Waals surface area contributed by atoms with E-state index in [1.54, 1.807) is 35.6 Å². The van der Waals surface area contributed by atoms with Gasteiger partial charge in [-0.1, -0.05) is 51.1 Å². The Morgan fingerprint density at radius 2 is 1.95 bits per heavy atom. The van der Waals surface area contributed by atoms with Gasteiger partial charge in [-0.3, -0.25) is 10.1 Å². The highest BCUT2D eigenvalue weighted by Crippen LogP contribution is 2.45. The fourth-order valence-corrected chi connectivity index (χ4v) is 6.59. The maximum absolute atomic E-state index is 11.0. The molecule has 1 aliphatic carbocycles. The molecule has 0 amide bonds. The predicted molar refractivity (Wildman–Crippen MR) is 150 cm³/mol. The molecule has 2 aromatic carbocycles. The minimum atomic E-state index is -0.379. The minimum Gasteiger partial charge on any atom is -0.340 e. The molecule has 5 rings (SSSR count). The molecule has 1 atom stereocenters. The number of aromatic nitrogens is 1. The van der Waals surface area contributed by atoms with E-state index in [0.29, 0.717) is 12.5 Å². The third-order valence-corrected chi connectivity index (χ3v) is 8.82. The highest BCUT2D eigenvalue weighted by molar-refractivity contribution is 7.16. The van der Waals surface area contributed by atoms with E-state index < -0.39 is 0 Å². The van der Waals surface area contributed by atoms with Gasteiger partial charge in [-0.25, -0.2) is 4.99 Å². The van der Waals surface area contributed by atoms with E-state index in [0.717, 1.165) is 57.6 Å². The number of non-ortho nitro benzene ring substituents is 1. The van der Waals surface area contributed by atoms with Crippen molar-refractivity contribution in [1.82, 2.24) is 4.57 Å². The zero-order chi connectivity index (χ0) is 26.3. The first kappa shape index (κ1) is 24.9. The van der Waals surface area contributed by atoms with Crippen molar-refractivity contribution < 1.29 is 4.92 Å². The number of para-hydroxylation sites is 1. The molecule has 0 N–H and O–H groups in total. The minimum absolute atomic E-state index is 0.0893. The quantitative estimate of drug-likeness (QED) is 0.156. The predicted octanol–water partition coefficient (Wildman–Crippen LogP) is 7.74. The van der Waals surface area contributed by atoms with Crippen molar-refractivity contribution in [2.24, 2.45) is 16.3 Å². The molecule has 0 spiro atoms. The number of benzene rings is 2. The van der Waals surface area contributed by atoms with Gasteiger partial charge in [-0.2, -0.15) is 5.26 Å². The summed E-state index contributed by atoms with van der Waals surface area (Å²) in [6, 6.07) is 17.4. The number of hydrogen-bond donors (Lipinski definition) is 0. The second-order valence-corrected chi connectivity index (χ2v) is 12.0. The Kier molecular flexibility index (Phi) is 6.47. The third kappa shape index (κ3) is 4.70. The van der Waals surface area contributed by atoms with Crippen LogP contribution in [0, 0.1) is 39.7 Å². The third-order valence-electron chi connectivity index (χ3n) is 7.66. The van der Waals surface area contributed by atoms with Crippen molar-refractivity contribution in [2.75, 3.05) is 0 Å². The average molecular weight is 511 g/mol. The normalized spacial score (nSPS) is 15.7. The molecule has 0 fully saturated rings. The van der Waals surface area contributed by atoms with E-state index in [1.165, 1.54) is 10.4 Å². The highest BCUT2D eigenvalue weighted by atomic mass is 32.1. The number of hydrogen-bond acceptors (Lipinski definition) is 5. The monoisotopic (exact) mass is 510 g/mol. The van der Waals surface area contributed by atoms with Crippen molar-refractivity contribution in [2.45, 2.75) is 53.5 Å². The molecule has 188 valence electrons. The molecule has 2 aromatic heterocycles. The maximum Gasteiger partial charge on any atom is 0.269 e. The standard InChI is InChI=1S/C30H30N4O2S/c1-19-26(17-32-29-25(16-31)24-14-11-21(30(2,3)4)15-28(24)37-29)23-7-5-6-8-27(23)33(19)18-20-9-12-22(13-10-20)34(35)36/h5-10,12-13,17,21H,11,14-15,18H2,1-4H3/t21-/m1/s1. The summed E-state index contributed by atoms with van der Waals surface area (Å²) in [7, 11) is 0. The number of nitro groups is 1. The van der Waals surface area contributed by atoms with E-state index in [-0.39, 0.29) is 16.0 Å². The fourth-order valence-electron chi connectivity index (χ4n) is 5.37. The molecule has 0 bridgehead atoms. The molecule has 4 aromatic rings. The van der Waals surface area contributed by atoms with Crippen molar-refractivity contribution in [1.29, 1.82) is 5.26 Å². The van der Waals surface area contributed by atoms with E-state index in [4.69, 9.17) is 4.99 Å². The van der Waals surface area contributed by atoms with Crippen molar-refractivity contribution in [3.8, 4) is 6.07 Å². The Balaban J connectivity index is 1.50. The van der Waals surface area contributed by atoms with Crippen LogP contribution < -0.4 is 0 Å². The Morgan fingerprint density at radius 1 is 1.22 bits per heavy atom. The molecule has 2 heterocycles. The van der Waals surface area contributed by atoms with Gasteiger partial charge in [0.15, 0.2) is 0 Å². The molecule has 0 aliphatic heterocycles. The van der Waals surface area contributed by atoms with Crippen LogP contribution >= 0.6 is 11.3 Å². The van der Waals surface area contributed by atoms with Crippen LogP contribution in [0.3, 0.4) is 0 Å². The summed E-state index contributed by atoms with van der Waals surface area (Å²) in [6.45, 7) is 9.58. The van der Waals surface area contributed by atoms with Crippen LogP contribution in [0.15, 0.2) is 53.5 Å². The van der Waals surface area contributed by atoms with Crippen molar-refractivity contribution in [3.63, 3.8) is 0 Å². The Labute approximate surface area is 221 Å². The summed E-state index contributed by atoms with van der Waals surface area (Å²) < 4.78 is 2.22. The SMILES string of the molecule is Cc1c(C=Nc2sc3c(c2C#N)CC[C@@H](C(C)(C)C)C3)c2ccccc2n1Cc1ccc([N+](=O)[O-])cc1. The summed E-state index contributed by atoms with van der Waals surface area (Å²) >= 11 is 1.67. The second kappa shape index (κ2) is 9.60. The Morgan fingerprint density at radius 3 is 2.62 bits per heavy atom. The number of nitrogens with zero attached hydrogens (tertiary/aromatic N) is 4. The number of fused-ring (bicyclic) bond motifs is 2. The molecular weight excluding hydrogens is 480 g/mol. The van der Waals surface area contributed by atoms with Gasteiger partial charge in [0.05, 0.1) is 10.5 Å². The molecule has 6 nitrogen and oxygen atoms in total. The van der Waals surface area contributed by atoms with Crippen LogP contribution in [-0.4, -0.2) is 15.7 Å². The lowest BCUT2D eigenvalue weighted by Crippen LogP contribution is -2.26. The average Bonchev–Trinajstić information content (AvgIpc) is 3.36. The smallest absolute Gasteiger partial charge is 0.269 e. The number of thiophene rings is 1. The molecular formula is C30H30N4O2S. The summed E-state index contributed by atoms with van der Waals surface area (Å²) in [5, 5.41) is 22.9. The van der Waals surface area contributed by atoms with Gasteiger partial charge in [-0.15, -0.1) is 11.3 Å². The van der Waals surface area contributed by atoms with Gasteiger partial charge in [0.1, 0.15) is 11.1 Å². The zero-order valence-corrected chi connectivity index (χ0v) is 22.4. The van der Waals surface area contributed by atoms with Crippen LogP contribution in [0.25, 0.3) is 10.9 Å². The molecule has 0 saturated heterocycles. The molecule has 1 aliphatic rings. The second-order valence-electron chi connectivity index (χ2n) is 10.9. The van der Waals surface area contributed by atoms with Crippen LogP contribution in [-0.2, 0) is 19.4 Å². The van der Waals surface area contributed by atoms with E-state index in [1.807, 2.05) is 18.3 Å². The molecule has 0 saturated carbocycles. The van der Waals surface area contributed by atoms with Crippen LogP contribution in [0.5, 0.6) is 0 Å². The summed E-state index contributed by atoms with van der Waals surface area (Å²) in [4.78, 5) is 16.8. The topological polar surface area (TPSA) is 84.2 Å². The van der Waals surface area contributed by atoms with Crippen LogP contribution in [0.1, 0.15) is 60.0 Å². The van der Waals surface area contributed by atoms with E-state index in [9.17, 15) is 15.4 Å². The number of nitro benzene ring substituents is 1. The van der Waals surface area contributed by atoms with Gasteiger partial charge in [0, 0.05) is 51.9 Å². The molecule has 0 unspecified atom stereocenters. The fraction of sp³-hybridized carbons (Fsp3) is 0.333. The molecule has 0 radical (unpaired) electrons. The first-order valence-corrected chi connectivity index (χ1v) is 13.4. The van der Waals surface area contributed by atoms with Crippen molar-refractivity contribution >= 4 is 39.1 Å². The van der Waals surface area contributed by atoms with Crippen LogP contribution in [0.4, 0.5) is 10.7 Å². The van der Waals surface area contributed by atoms with Gasteiger partial charge in [0.25, 0.3) is 5.69 Å². The van der Waals surface area contributed by atoms with E-state index >= 15 is 0 Å². The zero-order valence-electron chi connectivity index (χ0n) is 21.6. The lowest BCUT2D eigenvalue weighted by molar-refractivity contribution is -0.384. The summed E-state index contributed by atoms with van der Waals surface area (Å²) in [6.07, 6.45) is 4.98. The summed E-state index contributed by atoms with van der Waals surface area (Å²) in [5.41, 5.74) is 6.43. The first-order chi connectivity index (χ1) is 17.7. The largest absolute Gasteiger partial charge is 0.340 e. The lowest BCUT2D eigenvalue weighted by atomic mass is 9.72. The maximum atomic E-state index is 11.0. The van der Waals surface area contributed by atoms with Crippen molar-refractivity contribution in [3.05, 3.63) is 91.5 Å². The van der Waals surface area contributed by atoms with Gasteiger partial charge < -0.3 is 4.57 Å². The summed E-state index contributed by atoms with van der Waals surface area (Å²) in [5.74, 6) is 0.613. The first-order valence-electron chi connectivity index (χ1n) is 12.6.